The number of nitrogens with two attached hydrogens (primary N) is 2. The minimum Gasteiger partial charge on any atom is -0.394 e. The van der Waals surface area contributed by atoms with Crippen LogP contribution >= 0.6 is 0 Å². The first kappa shape index (κ1) is 18.2. The van der Waals surface area contributed by atoms with Crippen molar-refractivity contribution in [2.75, 3.05) is 12.3 Å². The third-order valence-corrected chi connectivity index (χ3v) is 5.61. The molecule has 7 N–H and O–H groups in total. The standard InChI is InChI=1S/C16H22N6O5/c17-12-9-13(20-6-19-12)22(7-21-9)16(11(25)10(24)8(5-23)27-16)14(26)15(18)3-1-2-4-15/h6-8,10-11,23-25H,1-5,18H2,(H2,17,19,20)/t8-,10-,11-,16+/m1/s1. The lowest BCUT2D eigenvalue weighted by molar-refractivity contribution is -0.179. The van der Waals surface area contributed by atoms with E-state index in [9.17, 15) is 20.1 Å². The number of aliphatic hydroxyl groups excluding tert-OH is 3. The number of Topliss-reactive ketones (excluding diaryl/α,β-unsaturated/α-hetero) is 1. The second-order valence-electron chi connectivity index (χ2n) is 7.21. The molecule has 0 radical (unpaired) electrons. The van der Waals surface area contributed by atoms with E-state index in [0.717, 1.165) is 12.8 Å². The highest BCUT2D eigenvalue weighted by atomic mass is 16.6. The normalized spacial score (nSPS) is 33.0. The van der Waals surface area contributed by atoms with Crippen LogP contribution in [0.5, 0.6) is 0 Å². The molecule has 146 valence electrons. The van der Waals surface area contributed by atoms with Gasteiger partial charge in [-0.3, -0.25) is 9.36 Å². The Hall–Kier alpha value is -2.18. The van der Waals surface area contributed by atoms with Gasteiger partial charge in [0.2, 0.25) is 11.5 Å². The van der Waals surface area contributed by atoms with Crippen molar-refractivity contribution in [1.82, 2.24) is 19.5 Å². The number of carbonyl (C=O) groups excluding carboxylic acids is 1. The number of aliphatic hydroxyl groups is 3. The van der Waals surface area contributed by atoms with Crippen LogP contribution in [0.25, 0.3) is 11.2 Å². The van der Waals surface area contributed by atoms with Gasteiger partial charge in [-0.1, -0.05) is 12.8 Å². The second kappa shape index (κ2) is 6.17. The number of anilines is 1. The molecular formula is C16H22N6O5. The summed E-state index contributed by atoms with van der Waals surface area (Å²) in [6.45, 7) is -0.589. The van der Waals surface area contributed by atoms with E-state index in [-0.39, 0.29) is 17.0 Å². The minimum atomic E-state index is -2.08. The fraction of sp³-hybridized carbons (Fsp3) is 0.625. The molecule has 3 heterocycles. The Morgan fingerprint density at radius 1 is 1.30 bits per heavy atom. The summed E-state index contributed by atoms with van der Waals surface area (Å²) >= 11 is 0. The Morgan fingerprint density at radius 2 is 2.00 bits per heavy atom. The van der Waals surface area contributed by atoms with E-state index in [1.807, 2.05) is 0 Å². The molecule has 11 heteroatoms. The molecule has 0 spiro atoms. The number of ether oxygens (including phenoxy) is 1. The summed E-state index contributed by atoms with van der Waals surface area (Å²) in [5.41, 5.74) is 9.25. The molecule has 0 amide bonds. The third kappa shape index (κ3) is 2.39. The molecule has 0 unspecified atom stereocenters. The highest BCUT2D eigenvalue weighted by molar-refractivity contribution is 5.96. The molecule has 4 rings (SSSR count). The Labute approximate surface area is 154 Å². The predicted molar refractivity (Wildman–Crippen MR) is 92.1 cm³/mol. The first-order valence-electron chi connectivity index (χ1n) is 8.78. The van der Waals surface area contributed by atoms with Gasteiger partial charge in [0, 0.05) is 0 Å². The number of nitrogens with zero attached hydrogens (tertiary/aromatic N) is 4. The van der Waals surface area contributed by atoms with E-state index >= 15 is 0 Å². The summed E-state index contributed by atoms with van der Waals surface area (Å²) in [6.07, 6.45) is 0.467. The first-order valence-corrected chi connectivity index (χ1v) is 8.78. The lowest BCUT2D eigenvalue weighted by atomic mass is 9.83. The molecule has 4 atom stereocenters. The van der Waals surface area contributed by atoms with E-state index in [1.165, 1.54) is 17.2 Å². The minimum absolute atomic E-state index is 0.0939. The average Bonchev–Trinajstić information content (AvgIpc) is 3.35. The van der Waals surface area contributed by atoms with E-state index in [0.29, 0.717) is 12.8 Å². The van der Waals surface area contributed by atoms with E-state index < -0.39 is 42.0 Å². The van der Waals surface area contributed by atoms with E-state index in [4.69, 9.17) is 16.2 Å². The number of aromatic nitrogens is 4. The van der Waals surface area contributed by atoms with Crippen molar-refractivity contribution in [3.05, 3.63) is 12.7 Å². The highest BCUT2D eigenvalue weighted by Crippen LogP contribution is 2.43. The molecule has 1 saturated heterocycles. The Bertz CT molecular complexity index is 881. The summed E-state index contributed by atoms with van der Waals surface area (Å²) in [5.74, 6) is -0.497. The number of carbonyl (C=O) groups is 1. The van der Waals surface area contributed by atoms with Crippen molar-refractivity contribution >= 4 is 22.8 Å². The molecule has 2 aromatic heterocycles. The lowest BCUT2D eigenvalue weighted by Crippen LogP contribution is -2.62. The SMILES string of the molecule is Nc1ncnc2c1ncn2[C@]1(C(=O)C2(N)CCCC2)O[C@H](CO)[C@@H](O)[C@H]1O. The fourth-order valence-corrected chi connectivity index (χ4v) is 4.13. The topological polar surface area (TPSA) is 183 Å². The Morgan fingerprint density at radius 3 is 2.63 bits per heavy atom. The first-order chi connectivity index (χ1) is 12.8. The van der Waals surface area contributed by atoms with Gasteiger partial charge in [-0.15, -0.1) is 0 Å². The number of imidazole rings is 1. The van der Waals surface area contributed by atoms with Crippen LogP contribution in [0.15, 0.2) is 12.7 Å². The number of rotatable bonds is 4. The van der Waals surface area contributed by atoms with Crippen LogP contribution in [0.2, 0.25) is 0 Å². The van der Waals surface area contributed by atoms with Crippen LogP contribution in [-0.2, 0) is 15.3 Å². The van der Waals surface area contributed by atoms with Crippen LogP contribution < -0.4 is 11.5 Å². The van der Waals surface area contributed by atoms with E-state index in [2.05, 4.69) is 15.0 Å². The van der Waals surface area contributed by atoms with Crippen molar-refractivity contribution in [2.45, 2.75) is 55.3 Å². The zero-order valence-corrected chi connectivity index (χ0v) is 14.5. The van der Waals surface area contributed by atoms with Crippen LogP contribution in [-0.4, -0.2) is 71.1 Å². The van der Waals surface area contributed by atoms with Crippen molar-refractivity contribution in [2.24, 2.45) is 5.73 Å². The van der Waals surface area contributed by atoms with Crippen molar-refractivity contribution < 1.29 is 24.9 Å². The molecular weight excluding hydrogens is 356 g/mol. The highest BCUT2D eigenvalue weighted by Gasteiger charge is 2.64. The van der Waals surface area contributed by atoms with Gasteiger partial charge in [0.05, 0.1) is 12.1 Å². The maximum absolute atomic E-state index is 13.6. The number of fused-ring (bicyclic) bond motifs is 1. The number of hydrogen-bond acceptors (Lipinski definition) is 10. The largest absolute Gasteiger partial charge is 0.394 e. The Balaban J connectivity index is 1.94. The van der Waals surface area contributed by atoms with Crippen molar-refractivity contribution in [1.29, 1.82) is 0 Å². The molecule has 2 aliphatic rings. The Kier molecular flexibility index (Phi) is 4.16. The van der Waals surface area contributed by atoms with Gasteiger partial charge in [-0.2, -0.15) is 0 Å². The second-order valence-corrected chi connectivity index (χ2v) is 7.21. The molecule has 2 aromatic rings. The zero-order chi connectivity index (χ0) is 19.4. The van der Waals surface area contributed by atoms with Gasteiger partial charge in [0.25, 0.3) is 0 Å². The molecule has 1 aliphatic heterocycles. The summed E-state index contributed by atoms with van der Waals surface area (Å²) in [4.78, 5) is 25.7. The monoisotopic (exact) mass is 378 g/mol. The fourth-order valence-electron chi connectivity index (χ4n) is 4.13. The molecule has 0 aromatic carbocycles. The van der Waals surface area contributed by atoms with Gasteiger partial charge >= 0.3 is 0 Å². The zero-order valence-electron chi connectivity index (χ0n) is 14.5. The molecule has 0 bridgehead atoms. The predicted octanol–water partition coefficient (Wildman–Crippen LogP) is -1.99. The van der Waals surface area contributed by atoms with Gasteiger partial charge in [-0.25, -0.2) is 15.0 Å². The quantitative estimate of drug-likeness (QED) is 0.399. The lowest BCUT2D eigenvalue weighted by Gasteiger charge is -2.37. The van der Waals surface area contributed by atoms with E-state index in [1.54, 1.807) is 0 Å². The number of nitrogen functional groups attached to an aromatic ring is 1. The van der Waals surface area contributed by atoms with Gasteiger partial charge in [0.1, 0.15) is 36.5 Å². The average molecular weight is 378 g/mol. The van der Waals surface area contributed by atoms with Crippen LogP contribution in [0.3, 0.4) is 0 Å². The molecule has 27 heavy (non-hydrogen) atoms. The number of hydrogen-bond donors (Lipinski definition) is 5. The molecule has 11 nitrogen and oxygen atoms in total. The molecule has 2 fully saturated rings. The van der Waals surface area contributed by atoms with Gasteiger partial charge < -0.3 is 31.5 Å². The van der Waals surface area contributed by atoms with Crippen molar-refractivity contribution in [3.8, 4) is 0 Å². The van der Waals surface area contributed by atoms with Crippen LogP contribution in [0.1, 0.15) is 25.7 Å². The summed E-state index contributed by atoms with van der Waals surface area (Å²) in [6, 6.07) is 0. The smallest absolute Gasteiger partial charge is 0.238 e. The molecule has 1 saturated carbocycles. The summed E-state index contributed by atoms with van der Waals surface area (Å²) < 4.78 is 7.03. The van der Waals surface area contributed by atoms with Gasteiger partial charge in [-0.05, 0) is 12.8 Å². The van der Waals surface area contributed by atoms with Crippen LogP contribution in [0.4, 0.5) is 5.82 Å². The number of ketones is 1. The summed E-state index contributed by atoms with van der Waals surface area (Å²) in [5, 5.41) is 30.8. The van der Waals surface area contributed by atoms with Crippen LogP contribution in [0, 0.1) is 0 Å². The molecule has 1 aliphatic carbocycles. The maximum Gasteiger partial charge on any atom is 0.238 e. The van der Waals surface area contributed by atoms with Crippen molar-refractivity contribution in [3.63, 3.8) is 0 Å². The summed E-state index contributed by atoms with van der Waals surface area (Å²) in [7, 11) is 0. The maximum atomic E-state index is 13.6. The third-order valence-electron chi connectivity index (χ3n) is 5.61. The van der Waals surface area contributed by atoms with Gasteiger partial charge in [0.15, 0.2) is 11.5 Å².